The molecule has 3 rings (SSSR count). The third-order valence-electron chi connectivity index (χ3n) is 4.34. The van der Waals surface area contributed by atoms with Gasteiger partial charge in [-0.1, -0.05) is 29.8 Å². The smallest absolute Gasteiger partial charge is 0.231 e. The van der Waals surface area contributed by atoms with Crippen molar-refractivity contribution in [3.05, 3.63) is 64.4 Å². The second kappa shape index (κ2) is 7.74. The molecule has 2 N–H and O–H groups in total. The molecule has 0 aliphatic carbocycles. The number of nitrogens with zero attached hydrogens (tertiary/aromatic N) is 2. The summed E-state index contributed by atoms with van der Waals surface area (Å²) in [4.78, 5) is 13.4. The number of aromatic hydroxyl groups is 1. The molecule has 0 saturated carbocycles. The van der Waals surface area contributed by atoms with Crippen LogP contribution in [0.5, 0.6) is 11.5 Å². The Labute approximate surface area is 157 Å². The predicted molar refractivity (Wildman–Crippen MR) is 97.8 cm³/mol. The van der Waals surface area contributed by atoms with Crippen molar-refractivity contribution in [2.75, 3.05) is 13.1 Å². The third kappa shape index (κ3) is 3.82. The summed E-state index contributed by atoms with van der Waals surface area (Å²) in [6, 6.07) is 14.7. The predicted octanol–water partition coefficient (Wildman–Crippen LogP) is 1.75. The van der Waals surface area contributed by atoms with E-state index in [-0.39, 0.29) is 36.9 Å². The zero-order chi connectivity index (χ0) is 19.4. The Morgan fingerprint density at radius 3 is 2.59 bits per heavy atom. The molecule has 0 radical (unpaired) electrons. The highest BCUT2D eigenvalue weighted by Crippen LogP contribution is 2.39. The fourth-order valence-corrected chi connectivity index (χ4v) is 3.04. The molecule has 1 aliphatic rings. The Kier molecular flexibility index (Phi) is 5.21. The summed E-state index contributed by atoms with van der Waals surface area (Å²) < 4.78 is 5.80. The Morgan fingerprint density at radius 2 is 1.93 bits per heavy atom. The van der Waals surface area contributed by atoms with E-state index >= 15 is 0 Å². The highest BCUT2D eigenvalue weighted by Gasteiger charge is 2.32. The van der Waals surface area contributed by atoms with Crippen LogP contribution in [0.3, 0.4) is 0 Å². The summed E-state index contributed by atoms with van der Waals surface area (Å²) >= 11 is 0. The molecule has 0 aromatic heterocycles. The fourth-order valence-electron chi connectivity index (χ4n) is 3.04. The lowest BCUT2D eigenvalue weighted by Gasteiger charge is -2.15. The van der Waals surface area contributed by atoms with Gasteiger partial charge in [0.15, 0.2) is 24.6 Å². The Balaban J connectivity index is 1.96. The van der Waals surface area contributed by atoms with Crippen molar-refractivity contribution in [3.63, 3.8) is 0 Å². The minimum absolute atomic E-state index is 0.0215. The van der Waals surface area contributed by atoms with Gasteiger partial charge in [-0.05, 0) is 30.7 Å². The average molecular weight is 360 g/mol. The summed E-state index contributed by atoms with van der Waals surface area (Å²) in [5.41, 5.74) is 2.71. The number of quaternary nitrogens is 1. The van der Waals surface area contributed by atoms with Crippen LogP contribution in [-0.2, 0) is 6.54 Å². The summed E-state index contributed by atoms with van der Waals surface area (Å²) in [6.45, 7) is 2.39. The topological polar surface area (TPSA) is 98.5 Å². The highest BCUT2D eigenvalue weighted by atomic mass is 16.5. The number of ether oxygens (including phenoxy) is 1. The molecule has 2 aromatic carbocycles. The maximum Gasteiger partial charge on any atom is 0.231 e. The number of fused-ring (bicyclic) bond motifs is 1. The normalized spacial score (nSPS) is 13.9. The van der Waals surface area contributed by atoms with E-state index in [0.29, 0.717) is 21.8 Å². The Hall–Kier alpha value is -3.61. The molecule has 1 heterocycles. The van der Waals surface area contributed by atoms with Gasteiger partial charge in [0.25, 0.3) is 0 Å². The first kappa shape index (κ1) is 18.2. The van der Waals surface area contributed by atoms with Gasteiger partial charge in [-0.2, -0.15) is 10.5 Å². The van der Waals surface area contributed by atoms with E-state index < -0.39 is 0 Å². The molecule has 6 heteroatoms. The van der Waals surface area contributed by atoms with Crippen LogP contribution < -0.4 is 9.64 Å². The molecule has 1 aliphatic heterocycles. The number of hydrogen-bond acceptors (Lipinski definition) is 5. The lowest BCUT2D eigenvalue weighted by Crippen LogP contribution is -3.10. The van der Waals surface area contributed by atoms with Crippen molar-refractivity contribution in [1.29, 1.82) is 10.5 Å². The summed E-state index contributed by atoms with van der Waals surface area (Å²) in [6.07, 6.45) is 1.67. The quantitative estimate of drug-likeness (QED) is 0.625. The second-order valence-electron chi connectivity index (χ2n) is 6.39. The molecule has 27 heavy (non-hydrogen) atoms. The van der Waals surface area contributed by atoms with Gasteiger partial charge in [0.1, 0.15) is 24.4 Å². The number of carbonyl (C=O) groups is 1. The van der Waals surface area contributed by atoms with E-state index in [9.17, 15) is 9.90 Å². The van der Waals surface area contributed by atoms with E-state index in [0.717, 1.165) is 11.1 Å². The number of benzene rings is 2. The number of phenols is 1. The van der Waals surface area contributed by atoms with Crippen LogP contribution in [0.2, 0.25) is 0 Å². The maximum absolute atomic E-state index is 12.7. The number of Topliss-reactive ketones (excluding diaryl/α,β-unsaturated/α-hetero) is 1. The third-order valence-corrected chi connectivity index (χ3v) is 4.34. The summed E-state index contributed by atoms with van der Waals surface area (Å²) in [5, 5.41) is 28.1. The van der Waals surface area contributed by atoms with Gasteiger partial charge in [-0.15, -0.1) is 0 Å². The van der Waals surface area contributed by atoms with Gasteiger partial charge >= 0.3 is 0 Å². The van der Waals surface area contributed by atoms with Gasteiger partial charge in [-0.3, -0.25) is 4.79 Å². The standard InChI is InChI=1S/C21H17N3O3/c1-14-3-2-4-15(11-14)12-19-20(26)16-5-6-18(25)17(21(16)27-19)13-24(9-7-22)10-8-23/h2-6,11-12,25H,9-10,13H2,1H3/p+1/b19-12-. The van der Waals surface area contributed by atoms with Crippen molar-refractivity contribution in [1.82, 2.24) is 0 Å². The molecular weight excluding hydrogens is 342 g/mol. The number of rotatable bonds is 5. The van der Waals surface area contributed by atoms with Crippen molar-refractivity contribution in [2.45, 2.75) is 13.5 Å². The second-order valence-corrected chi connectivity index (χ2v) is 6.39. The SMILES string of the molecule is Cc1cccc(/C=C2\Oc3c(ccc(O)c3C[NH+](CC#N)CC#N)C2=O)c1. The number of ketones is 1. The Bertz CT molecular complexity index is 996. The number of aryl methyl sites for hydroxylation is 1. The molecule has 134 valence electrons. The minimum Gasteiger partial charge on any atom is -0.507 e. The van der Waals surface area contributed by atoms with E-state index in [1.165, 1.54) is 12.1 Å². The molecule has 0 fully saturated rings. The van der Waals surface area contributed by atoms with Gasteiger partial charge in [-0.25, -0.2) is 0 Å². The molecule has 6 nitrogen and oxygen atoms in total. The van der Waals surface area contributed by atoms with Gasteiger partial charge in [0.05, 0.1) is 11.1 Å². The van der Waals surface area contributed by atoms with Gasteiger partial charge in [0, 0.05) is 0 Å². The van der Waals surface area contributed by atoms with Crippen LogP contribution in [0.1, 0.15) is 27.0 Å². The number of nitriles is 2. The van der Waals surface area contributed by atoms with Crippen molar-refractivity contribution in [2.24, 2.45) is 0 Å². The summed E-state index contributed by atoms with van der Waals surface area (Å²) in [5.74, 6) is 0.207. The Morgan fingerprint density at radius 1 is 1.19 bits per heavy atom. The van der Waals surface area contributed by atoms with Crippen molar-refractivity contribution < 1.29 is 19.5 Å². The minimum atomic E-state index is -0.255. The van der Waals surface area contributed by atoms with E-state index in [1.54, 1.807) is 6.08 Å². The molecule has 0 amide bonds. The monoisotopic (exact) mass is 360 g/mol. The first-order chi connectivity index (χ1) is 13.0. The maximum atomic E-state index is 12.7. The fraction of sp³-hybridized carbons (Fsp3) is 0.190. The number of phenolic OH excluding ortho intramolecular Hbond substituents is 1. The lowest BCUT2D eigenvalue weighted by atomic mass is 10.0. The van der Waals surface area contributed by atoms with Crippen molar-refractivity contribution >= 4 is 11.9 Å². The van der Waals surface area contributed by atoms with Crippen LogP contribution in [-0.4, -0.2) is 24.0 Å². The number of carbonyl (C=O) groups excluding carboxylic acids is 1. The van der Waals surface area contributed by atoms with Crippen LogP contribution in [0.4, 0.5) is 0 Å². The molecule has 0 saturated heterocycles. The molecule has 0 spiro atoms. The van der Waals surface area contributed by atoms with Gasteiger partial charge < -0.3 is 14.7 Å². The average Bonchev–Trinajstić information content (AvgIpc) is 2.94. The molecular formula is C21H18N3O3+. The van der Waals surface area contributed by atoms with Crippen LogP contribution in [0.15, 0.2) is 42.2 Å². The molecule has 0 bridgehead atoms. The van der Waals surface area contributed by atoms with Crippen LogP contribution in [0, 0.1) is 29.6 Å². The lowest BCUT2D eigenvalue weighted by molar-refractivity contribution is -0.899. The van der Waals surface area contributed by atoms with E-state index in [1.807, 2.05) is 43.3 Å². The van der Waals surface area contributed by atoms with E-state index in [2.05, 4.69) is 0 Å². The number of allylic oxidation sites excluding steroid dienone is 1. The number of nitrogens with one attached hydrogen (secondary N) is 1. The molecule has 0 atom stereocenters. The molecule has 2 aromatic rings. The first-order valence-corrected chi connectivity index (χ1v) is 8.46. The number of hydrogen-bond donors (Lipinski definition) is 2. The summed E-state index contributed by atoms with van der Waals surface area (Å²) in [7, 11) is 0. The zero-order valence-corrected chi connectivity index (χ0v) is 14.8. The highest BCUT2D eigenvalue weighted by molar-refractivity contribution is 6.15. The van der Waals surface area contributed by atoms with Crippen LogP contribution >= 0.6 is 0 Å². The largest absolute Gasteiger partial charge is 0.507 e. The van der Waals surface area contributed by atoms with E-state index in [4.69, 9.17) is 15.3 Å². The molecule has 0 unspecified atom stereocenters. The zero-order valence-electron chi connectivity index (χ0n) is 14.8. The van der Waals surface area contributed by atoms with Crippen molar-refractivity contribution in [3.8, 4) is 23.6 Å². The van der Waals surface area contributed by atoms with Crippen LogP contribution in [0.25, 0.3) is 6.08 Å². The van der Waals surface area contributed by atoms with Gasteiger partial charge in [0.2, 0.25) is 5.78 Å². The first-order valence-electron chi connectivity index (χ1n) is 8.46.